The minimum absolute atomic E-state index is 0.119. The van der Waals surface area contributed by atoms with E-state index in [2.05, 4.69) is 15.5 Å². The highest BCUT2D eigenvalue weighted by atomic mass is 32.1. The number of aromatic nitrogens is 5. The van der Waals surface area contributed by atoms with Gasteiger partial charge in [-0.1, -0.05) is 41.7 Å². The first-order valence-electron chi connectivity index (χ1n) is 16.6. The summed E-state index contributed by atoms with van der Waals surface area (Å²) in [6, 6.07) is 13.6. The zero-order chi connectivity index (χ0) is 35.6. The Bertz CT molecular complexity index is 2080. The van der Waals surface area contributed by atoms with E-state index in [1.54, 1.807) is 40.7 Å². The van der Waals surface area contributed by atoms with E-state index >= 15 is 4.39 Å². The van der Waals surface area contributed by atoms with Gasteiger partial charge in [-0.3, -0.25) is 14.2 Å². The lowest BCUT2D eigenvalue weighted by atomic mass is 10.0. The molecule has 0 aliphatic carbocycles. The average molecular weight is 705 g/mol. The Morgan fingerprint density at radius 3 is 2.48 bits per heavy atom. The molecule has 0 radical (unpaired) electrons. The van der Waals surface area contributed by atoms with Gasteiger partial charge in [0.2, 0.25) is 5.91 Å². The molecule has 264 valence electrons. The number of nitrogens with zero attached hydrogens (tertiary/aromatic N) is 5. The third-order valence-corrected chi connectivity index (χ3v) is 10.0. The Kier molecular flexibility index (Phi) is 10.3. The van der Waals surface area contributed by atoms with E-state index in [0.29, 0.717) is 52.8 Å². The summed E-state index contributed by atoms with van der Waals surface area (Å²) in [5, 5.41) is 12.2. The molecule has 1 aliphatic rings. The number of amides is 1. The van der Waals surface area contributed by atoms with Crippen molar-refractivity contribution in [3.63, 3.8) is 0 Å². The minimum Gasteiger partial charge on any atom is -0.489 e. The van der Waals surface area contributed by atoms with Crippen LogP contribution in [0.3, 0.4) is 0 Å². The third kappa shape index (κ3) is 7.14. The van der Waals surface area contributed by atoms with Gasteiger partial charge >= 0.3 is 5.69 Å². The van der Waals surface area contributed by atoms with Crippen LogP contribution in [-0.4, -0.2) is 55.4 Å². The number of benzene rings is 2. The fourth-order valence-electron chi connectivity index (χ4n) is 6.10. The molecule has 1 amide bonds. The highest BCUT2D eigenvalue weighted by Gasteiger charge is 2.37. The first kappa shape index (κ1) is 35.2. The molecule has 14 heteroatoms. The van der Waals surface area contributed by atoms with Crippen molar-refractivity contribution < 1.29 is 23.4 Å². The summed E-state index contributed by atoms with van der Waals surface area (Å²) in [6.07, 6.45) is 3.10. The van der Waals surface area contributed by atoms with E-state index in [4.69, 9.17) is 14.2 Å². The van der Waals surface area contributed by atoms with Crippen molar-refractivity contribution in [3.05, 3.63) is 104 Å². The lowest BCUT2D eigenvalue weighted by Crippen LogP contribution is -2.56. The molecule has 3 aromatic heterocycles. The number of carbonyl (C=O) groups excluding carboxylic acids is 1. The van der Waals surface area contributed by atoms with E-state index in [1.165, 1.54) is 45.2 Å². The first-order valence-corrected chi connectivity index (χ1v) is 17.4. The second-order valence-corrected chi connectivity index (χ2v) is 14.1. The summed E-state index contributed by atoms with van der Waals surface area (Å²) in [7, 11) is 0. The standard InChI is InChI=1S/C36H41FN6O6S/c1-22(2)40-34(45)36(4,5)42-31(44)30-23(3)32(43-38-15-16-39-43)50-33(30)41(35(42)46)20-29(49-26-13-17-47-18-14-26)27-19-25(37)11-12-28(27)48-21-24-9-7-6-8-10-24/h6-12,15-16,19,22,26,29H,13-14,17-18,20-21H2,1-5H3,(H,40,45)/t29-/m0/s1. The maximum absolute atomic E-state index is 15.1. The zero-order valence-electron chi connectivity index (χ0n) is 28.7. The average Bonchev–Trinajstić information content (AvgIpc) is 3.74. The summed E-state index contributed by atoms with van der Waals surface area (Å²) in [5.74, 6) is -0.595. The van der Waals surface area contributed by atoms with Crippen LogP contribution in [0.1, 0.15) is 63.3 Å². The van der Waals surface area contributed by atoms with Gasteiger partial charge in [-0.15, -0.1) is 4.80 Å². The summed E-state index contributed by atoms with van der Waals surface area (Å²) in [4.78, 5) is 44.3. The number of carbonyl (C=O) groups is 1. The van der Waals surface area contributed by atoms with Gasteiger partial charge < -0.3 is 19.5 Å². The molecule has 0 unspecified atom stereocenters. The summed E-state index contributed by atoms with van der Waals surface area (Å²) in [5.41, 5.74) is -1.02. The number of nitrogens with one attached hydrogen (secondary N) is 1. The number of rotatable bonds is 12. The van der Waals surface area contributed by atoms with Gasteiger partial charge in [0.25, 0.3) is 5.56 Å². The molecule has 1 atom stereocenters. The second-order valence-electron chi connectivity index (χ2n) is 13.1. The van der Waals surface area contributed by atoms with Crippen LogP contribution in [-0.2, 0) is 33.0 Å². The Morgan fingerprint density at radius 1 is 1.10 bits per heavy atom. The molecule has 50 heavy (non-hydrogen) atoms. The van der Waals surface area contributed by atoms with Crippen LogP contribution in [0.2, 0.25) is 0 Å². The van der Waals surface area contributed by atoms with E-state index in [0.717, 1.165) is 10.1 Å². The predicted octanol–water partition coefficient (Wildman–Crippen LogP) is 5.03. The Hall–Kier alpha value is -4.66. The largest absolute Gasteiger partial charge is 0.489 e. The number of halogens is 1. The minimum atomic E-state index is -1.58. The van der Waals surface area contributed by atoms with Crippen molar-refractivity contribution >= 4 is 27.5 Å². The molecule has 12 nitrogen and oxygen atoms in total. The van der Waals surface area contributed by atoms with Gasteiger partial charge in [-0.05, 0) is 71.2 Å². The molecular weight excluding hydrogens is 663 g/mol. The van der Waals surface area contributed by atoms with Gasteiger partial charge in [0.05, 0.1) is 30.4 Å². The lowest BCUT2D eigenvalue weighted by Gasteiger charge is -2.31. The van der Waals surface area contributed by atoms with Crippen LogP contribution in [0.4, 0.5) is 4.39 Å². The first-order chi connectivity index (χ1) is 24.0. The van der Waals surface area contributed by atoms with E-state index in [-0.39, 0.29) is 30.7 Å². The molecule has 0 spiro atoms. The van der Waals surface area contributed by atoms with Crippen LogP contribution in [0.5, 0.6) is 5.75 Å². The van der Waals surface area contributed by atoms with Crippen molar-refractivity contribution in [3.8, 4) is 10.8 Å². The maximum Gasteiger partial charge on any atom is 0.333 e. The maximum atomic E-state index is 15.1. The molecular formula is C36H41FN6O6S. The molecule has 1 saturated heterocycles. The number of hydrogen-bond donors (Lipinski definition) is 1. The van der Waals surface area contributed by atoms with Crippen molar-refractivity contribution in [2.24, 2.45) is 0 Å². The smallest absolute Gasteiger partial charge is 0.333 e. The van der Waals surface area contributed by atoms with Gasteiger partial charge in [-0.2, -0.15) is 10.2 Å². The molecule has 5 aromatic rings. The van der Waals surface area contributed by atoms with Crippen molar-refractivity contribution in [2.75, 3.05) is 13.2 Å². The molecule has 1 N–H and O–H groups in total. The Morgan fingerprint density at radius 2 is 1.80 bits per heavy atom. The van der Waals surface area contributed by atoms with Gasteiger partial charge in [0.15, 0.2) is 0 Å². The Labute approximate surface area is 292 Å². The number of fused-ring (bicyclic) bond motifs is 1. The zero-order valence-corrected chi connectivity index (χ0v) is 29.5. The molecule has 0 bridgehead atoms. The molecule has 4 heterocycles. The van der Waals surface area contributed by atoms with E-state index < -0.39 is 34.6 Å². The lowest BCUT2D eigenvalue weighted by molar-refractivity contribution is -0.129. The highest BCUT2D eigenvalue weighted by molar-refractivity contribution is 7.21. The fourth-order valence-corrected chi connectivity index (χ4v) is 7.32. The number of hydrogen-bond acceptors (Lipinski definition) is 9. The molecule has 2 aromatic carbocycles. The van der Waals surface area contributed by atoms with E-state index in [9.17, 15) is 14.4 Å². The summed E-state index contributed by atoms with van der Waals surface area (Å²) < 4.78 is 36.1. The SMILES string of the molecule is Cc1c(-n2nccn2)sc2c1c(=O)n(C(C)(C)C(=O)NC(C)C)c(=O)n2C[C@H](OC1CCOCC1)c1cc(F)ccc1OCc1ccccc1. The number of aryl methyl sites for hydroxylation is 1. The van der Waals surface area contributed by atoms with E-state index in [1.807, 2.05) is 30.3 Å². The molecule has 1 fully saturated rings. The van der Waals surface area contributed by atoms with Crippen LogP contribution in [0, 0.1) is 12.7 Å². The van der Waals surface area contributed by atoms with Gasteiger partial charge in [0.1, 0.15) is 39.6 Å². The number of ether oxygens (including phenoxy) is 3. The van der Waals surface area contributed by atoms with Crippen LogP contribution in [0.15, 0.2) is 70.5 Å². The highest BCUT2D eigenvalue weighted by Crippen LogP contribution is 2.36. The molecule has 0 saturated carbocycles. The number of thiophene rings is 1. The van der Waals surface area contributed by atoms with Crippen LogP contribution < -0.4 is 21.3 Å². The summed E-state index contributed by atoms with van der Waals surface area (Å²) >= 11 is 1.18. The van der Waals surface area contributed by atoms with Crippen LogP contribution >= 0.6 is 11.3 Å². The quantitative estimate of drug-likeness (QED) is 0.192. The topological polar surface area (TPSA) is 132 Å². The van der Waals surface area contributed by atoms with Gasteiger partial charge in [-0.25, -0.2) is 13.8 Å². The van der Waals surface area contributed by atoms with Gasteiger partial charge in [0, 0.05) is 30.4 Å². The van der Waals surface area contributed by atoms with Crippen LogP contribution in [0.25, 0.3) is 15.2 Å². The Balaban J connectivity index is 1.54. The third-order valence-electron chi connectivity index (χ3n) is 8.75. The van der Waals surface area contributed by atoms with Crippen molar-refractivity contribution in [1.82, 2.24) is 29.4 Å². The molecule has 1 aliphatic heterocycles. The normalized spacial score (nSPS) is 14.7. The monoisotopic (exact) mass is 704 g/mol. The molecule has 6 rings (SSSR count). The predicted molar refractivity (Wildman–Crippen MR) is 187 cm³/mol. The van der Waals surface area contributed by atoms with Crippen molar-refractivity contribution in [1.29, 1.82) is 0 Å². The summed E-state index contributed by atoms with van der Waals surface area (Å²) in [6.45, 7) is 9.55. The van der Waals surface area contributed by atoms with Crippen molar-refractivity contribution in [2.45, 2.75) is 84.4 Å². The fraction of sp³-hybridized carbons (Fsp3) is 0.417. The second kappa shape index (κ2) is 14.7.